The van der Waals surface area contributed by atoms with Gasteiger partial charge in [-0.25, -0.2) is 0 Å². The second-order valence-corrected chi connectivity index (χ2v) is 5.15. The quantitative estimate of drug-likeness (QED) is 0.896. The van der Waals surface area contributed by atoms with Crippen LogP contribution in [0.25, 0.3) is 11.4 Å². The standard InChI is InChI=1S/C13H18N4O/c1-8-5-10(6-9(2)15-8)11-16-12(18-17-11)13(3,4)7-14/h5-6H,7,14H2,1-4H3. The Balaban J connectivity index is 2.41. The highest BCUT2D eigenvalue weighted by atomic mass is 16.5. The van der Waals surface area contributed by atoms with E-state index >= 15 is 0 Å². The number of aromatic nitrogens is 3. The van der Waals surface area contributed by atoms with Crippen LogP contribution in [0.2, 0.25) is 0 Å². The largest absolute Gasteiger partial charge is 0.338 e. The number of pyridine rings is 1. The second kappa shape index (κ2) is 4.49. The molecule has 0 atom stereocenters. The van der Waals surface area contributed by atoms with Gasteiger partial charge < -0.3 is 10.3 Å². The zero-order valence-corrected chi connectivity index (χ0v) is 11.2. The molecule has 0 saturated carbocycles. The molecule has 0 fully saturated rings. The Kier molecular flexibility index (Phi) is 3.17. The first-order valence-corrected chi connectivity index (χ1v) is 5.92. The fraction of sp³-hybridized carbons (Fsp3) is 0.462. The van der Waals surface area contributed by atoms with Gasteiger partial charge in [-0.2, -0.15) is 4.98 Å². The van der Waals surface area contributed by atoms with E-state index in [9.17, 15) is 0 Å². The summed E-state index contributed by atoms with van der Waals surface area (Å²) >= 11 is 0. The van der Waals surface area contributed by atoms with Gasteiger partial charge in [0.05, 0.1) is 5.41 Å². The topological polar surface area (TPSA) is 77.8 Å². The van der Waals surface area contributed by atoms with E-state index in [1.807, 2.05) is 39.8 Å². The number of aryl methyl sites for hydroxylation is 2. The summed E-state index contributed by atoms with van der Waals surface area (Å²) in [6.07, 6.45) is 0. The first-order valence-electron chi connectivity index (χ1n) is 5.92. The molecule has 0 aliphatic carbocycles. The van der Waals surface area contributed by atoms with Crippen molar-refractivity contribution < 1.29 is 4.52 Å². The van der Waals surface area contributed by atoms with E-state index in [1.165, 1.54) is 0 Å². The minimum atomic E-state index is -0.303. The molecular weight excluding hydrogens is 228 g/mol. The van der Waals surface area contributed by atoms with Gasteiger partial charge in [-0.1, -0.05) is 5.16 Å². The molecule has 0 bridgehead atoms. The van der Waals surface area contributed by atoms with Crippen LogP contribution in [0.15, 0.2) is 16.7 Å². The molecule has 0 radical (unpaired) electrons. The number of hydrogen-bond acceptors (Lipinski definition) is 5. The van der Waals surface area contributed by atoms with Gasteiger partial charge in [0.15, 0.2) is 0 Å². The highest BCUT2D eigenvalue weighted by Crippen LogP contribution is 2.24. The van der Waals surface area contributed by atoms with Crippen LogP contribution in [0.4, 0.5) is 0 Å². The normalized spacial score (nSPS) is 11.8. The highest BCUT2D eigenvalue weighted by molar-refractivity contribution is 5.55. The first-order chi connectivity index (χ1) is 8.42. The summed E-state index contributed by atoms with van der Waals surface area (Å²) in [6.45, 7) is 8.31. The maximum Gasteiger partial charge on any atom is 0.233 e. The van der Waals surface area contributed by atoms with Crippen molar-refractivity contribution in [3.05, 3.63) is 29.4 Å². The third-order valence-corrected chi connectivity index (χ3v) is 2.85. The Labute approximate surface area is 106 Å². The first kappa shape index (κ1) is 12.7. The fourth-order valence-electron chi connectivity index (χ4n) is 1.67. The number of hydrogen-bond donors (Lipinski definition) is 1. The molecule has 0 aliphatic rings. The van der Waals surface area contributed by atoms with E-state index in [1.54, 1.807) is 0 Å². The predicted molar refractivity (Wildman–Crippen MR) is 69.1 cm³/mol. The number of rotatable bonds is 3. The van der Waals surface area contributed by atoms with Gasteiger partial charge in [0.2, 0.25) is 11.7 Å². The van der Waals surface area contributed by atoms with E-state index in [4.69, 9.17) is 10.3 Å². The SMILES string of the molecule is Cc1cc(-c2noc(C(C)(C)CN)n2)cc(C)n1. The molecule has 2 rings (SSSR count). The van der Waals surface area contributed by atoms with Crippen molar-refractivity contribution in [1.29, 1.82) is 0 Å². The molecule has 96 valence electrons. The minimum absolute atomic E-state index is 0.303. The average molecular weight is 246 g/mol. The Morgan fingerprint density at radius 1 is 1.17 bits per heavy atom. The predicted octanol–water partition coefficient (Wildman–Crippen LogP) is 1.98. The Morgan fingerprint density at radius 3 is 2.33 bits per heavy atom. The Hall–Kier alpha value is -1.75. The molecule has 5 nitrogen and oxygen atoms in total. The lowest BCUT2D eigenvalue weighted by molar-refractivity contribution is 0.311. The molecule has 0 saturated heterocycles. The summed E-state index contributed by atoms with van der Waals surface area (Å²) in [5, 5.41) is 4.01. The summed E-state index contributed by atoms with van der Waals surface area (Å²) in [5.74, 6) is 1.15. The van der Waals surface area contributed by atoms with Crippen LogP contribution < -0.4 is 5.73 Å². The van der Waals surface area contributed by atoms with E-state index in [0.29, 0.717) is 18.3 Å². The third-order valence-electron chi connectivity index (χ3n) is 2.85. The molecule has 0 amide bonds. The van der Waals surface area contributed by atoms with Gasteiger partial charge >= 0.3 is 0 Å². The van der Waals surface area contributed by atoms with Gasteiger partial charge in [-0.05, 0) is 39.8 Å². The zero-order valence-electron chi connectivity index (χ0n) is 11.2. The van der Waals surface area contributed by atoms with Crippen LogP contribution >= 0.6 is 0 Å². The summed E-state index contributed by atoms with van der Waals surface area (Å²) in [6, 6.07) is 3.88. The second-order valence-electron chi connectivity index (χ2n) is 5.15. The summed E-state index contributed by atoms with van der Waals surface area (Å²) in [4.78, 5) is 8.75. The van der Waals surface area contributed by atoms with Crippen molar-refractivity contribution in [2.75, 3.05) is 6.54 Å². The molecule has 0 aliphatic heterocycles. The third kappa shape index (κ3) is 2.41. The molecular formula is C13H18N4O. The maximum absolute atomic E-state index is 5.70. The van der Waals surface area contributed by atoms with Crippen molar-refractivity contribution in [1.82, 2.24) is 15.1 Å². The van der Waals surface area contributed by atoms with Crippen LogP contribution in [-0.2, 0) is 5.41 Å². The highest BCUT2D eigenvalue weighted by Gasteiger charge is 2.26. The lowest BCUT2D eigenvalue weighted by atomic mass is 9.94. The van der Waals surface area contributed by atoms with Crippen molar-refractivity contribution in [3.63, 3.8) is 0 Å². The zero-order chi connectivity index (χ0) is 13.3. The smallest absolute Gasteiger partial charge is 0.233 e. The van der Waals surface area contributed by atoms with Gasteiger partial charge in [0.25, 0.3) is 0 Å². The van der Waals surface area contributed by atoms with Gasteiger partial charge in [0.1, 0.15) is 0 Å². The van der Waals surface area contributed by atoms with E-state index in [-0.39, 0.29) is 5.41 Å². The van der Waals surface area contributed by atoms with Crippen LogP contribution in [0.1, 0.15) is 31.1 Å². The van der Waals surface area contributed by atoms with Crippen molar-refractivity contribution >= 4 is 0 Å². The monoisotopic (exact) mass is 246 g/mol. The fourth-order valence-corrected chi connectivity index (χ4v) is 1.67. The molecule has 2 aromatic rings. The lowest BCUT2D eigenvalue weighted by Crippen LogP contribution is -2.28. The molecule has 0 unspecified atom stereocenters. The molecule has 0 spiro atoms. The summed E-state index contributed by atoms with van der Waals surface area (Å²) < 4.78 is 5.29. The molecule has 0 aromatic carbocycles. The van der Waals surface area contributed by atoms with E-state index < -0.39 is 0 Å². The Bertz CT molecular complexity index is 540. The average Bonchev–Trinajstić information content (AvgIpc) is 2.77. The molecule has 2 aromatic heterocycles. The molecule has 2 N–H and O–H groups in total. The molecule has 18 heavy (non-hydrogen) atoms. The number of nitrogens with two attached hydrogens (primary N) is 1. The van der Waals surface area contributed by atoms with Crippen molar-refractivity contribution in [2.24, 2.45) is 5.73 Å². The van der Waals surface area contributed by atoms with E-state index in [0.717, 1.165) is 17.0 Å². The molecule has 5 heteroatoms. The Morgan fingerprint density at radius 2 is 1.78 bits per heavy atom. The van der Waals surface area contributed by atoms with E-state index in [2.05, 4.69) is 15.1 Å². The van der Waals surface area contributed by atoms with Gasteiger partial charge in [-0.3, -0.25) is 4.98 Å². The van der Waals surface area contributed by atoms with Crippen LogP contribution in [0.5, 0.6) is 0 Å². The minimum Gasteiger partial charge on any atom is -0.338 e. The number of nitrogens with zero attached hydrogens (tertiary/aromatic N) is 3. The lowest BCUT2D eigenvalue weighted by Gasteiger charge is -2.15. The maximum atomic E-state index is 5.70. The summed E-state index contributed by atoms with van der Waals surface area (Å²) in [5.41, 5.74) is 8.19. The van der Waals surface area contributed by atoms with Gasteiger partial charge in [-0.15, -0.1) is 0 Å². The van der Waals surface area contributed by atoms with Crippen LogP contribution in [0.3, 0.4) is 0 Å². The van der Waals surface area contributed by atoms with Crippen LogP contribution in [0, 0.1) is 13.8 Å². The van der Waals surface area contributed by atoms with Crippen molar-refractivity contribution in [3.8, 4) is 11.4 Å². The van der Waals surface area contributed by atoms with Gasteiger partial charge in [0, 0.05) is 23.5 Å². The summed E-state index contributed by atoms with van der Waals surface area (Å²) in [7, 11) is 0. The van der Waals surface area contributed by atoms with Crippen LogP contribution in [-0.4, -0.2) is 21.7 Å². The van der Waals surface area contributed by atoms with Crippen molar-refractivity contribution in [2.45, 2.75) is 33.1 Å². The molecule has 2 heterocycles.